The molecule has 0 fully saturated rings. The molecule has 0 saturated carbocycles. The summed E-state index contributed by atoms with van der Waals surface area (Å²) in [5, 5.41) is 25.6. The molecule has 0 saturated heterocycles. The van der Waals surface area contributed by atoms with Gasteiger partial charge in [0.2, 0.25) is 17.7 Å². The molecule has 0 aliphatic heterocycles. The summed E-state index contributed by atoms with van der Waals surface area (Å²) in [6, 6.07) is -5.19. The molecule has 206 valence electrons. The number of aromatic nitrogens is 2. The average Bonchev–Trinajstić information content (AvgIpc) is 3.30. The van der Waals surface area contributed by atoms with Crippen molar-refractivity contribution in [2.45, 2.75) is 63.7 Å². The number of imidazole rings is 1. The molecule has 0 radical (unpaired) electrons. The summed E-state index contributed by atoms with van der Waals surface area (Å²) in [6.07, 6.45) is 2.46. The number of aliphatic carboxylic acids is 2. The molecule has 0 bridgehead atoms. The van der Waals surface area contributed by atoms with Gasteiger partial charge in [-0.2, -0.15) is 0 Å². The fraction of sp³-hybridized carbons (Fsp3) is 0.571. The monoisotopic (exact) mass is 525 g/mol. The third kappa shape index (κ3) is 11.4. The molecule has 1 heterocycles. The largest absolute Gasteiger partial charge is 0.481 e. The topological polar surface area (TPSA) is 281 Å². The fourth-order valence-electron chi connectivity index (χ4n) is 3.20. The zero-order chi connectivity index (χ0) is 28.1. The summed E-state index contributed by atoms with van der Waals surface area (Å²) < 4.78 is 0. The molecule has 0 aliphatic rings. The quantitative estimate of drug-likeness (QED) is 0.0595. The van der Waals surface area contributed by atoms with Gasteiger partial charge in [-0.15, -0.1) is 0 Å². The minimum atomic E-state index is -1.61. The van der Waals surface area contributed by atoms with Gasteiger partial charge in [0.05, 0.1) is 18.8 Å². The molecular weight excluding hydrogens is 490 g/mol. The number of nitrogens with zero attached hydrogens (tertiary/aromatic N) is 2. The summed E-state index contributed by atoms with van der Waals surface area (Å²) in [7, 11) is 0. The molecule has 16 nitrogen and oxygen atoms in total. The van der Waals surface area contributed by atoms with Crippen molar-refractivity contribution in [3.63, 3.8) is 0 Å². The van der Waals surface area contributed by atoms with Crippen LogP contribution in [0.15, 0.2) is 17.5 Å². The zero-order valence-electron chi connectivity index (χ0n) is 20.6. The molecule has 1 aromatic heterocycles. The molecule has 1 aromatic rings. The molecule has 0 aliphatic carbocycles. The van der Waals surface area contributed by atoms with Crippen LogP contribution in [0.5, 0.6) is 0 Å². The number of amides is 3. The molecule has 0 spiro atoms. The van der Waals surface area contributed by atoms with Gasteiger partial charge < -0.3 is 48.3 Å². The number of carbonyl (C=O) groups is 5. The second-order valence-electron chi connectivity index (χ2n) is 8.63. The van der Waals surface area contributed by atoms with Crippen molar-refractivity contribution >= 4 is 35.6 Å². The minimum Gasteiger partial charge on any atom is -0.481 e. The summed E-state index contributed by atoms with van der Waals surface area (Å²) >= 11 is 0. The standard InChI is InChI=1S/C21H35N9O7/c1-10(2)16(20(36)37)30-19(35)14(7-15(31)32)29-18(34)13(4-3-5-26-21(23)24)28-17(33)12(22)6-11-8-25-9-27-11/h8-10,12-14,16H,3-7,22H2,1-2H3,(H,25,27)(H,28,33)(H,29,34)(H,30,35)(H,31,32)(H,36,37)(H4,23,24,26). The van der Waals surface area contributed by atoms with E-state index < -0.39 is 66.2 Å². The van der Waals surface area contributed by atoms with Crippen LogP contribution in [-0.4, -0.2) is 86.5 Å². The van der Waals surface area contributed by atoms with Crippen LogP contribution in [0.3, 0.4) is 0 Å². The number of rotatable bonds is 16. The first kappa shape index (κ1) is 30.8. The van der Waals surface area contributed by atoms with Crippen LogP contribution < -0.4 is 33.2 Å². The number of H-pyrrole nitrogens is 1. The average molecular weight is 526 g/mol. The Labute approximate surface area is 212 Å². The van der Waals surface area contributed by atoms with Crippen molar-refractivity contribution in [1.82, 2.24) is 25.9 Å². The third-order valence-electron chi connectivity index (χ3n) is 5.15. The van der Waals surface area contributed by atoms with E-state index in [1.807, 2.05) is 0 Å². The van der Waals surface area contributed by atoms with Crippen LogP contribution in [0.1, 0.15) is 38.8 Å². The van der Waals surface area contributed by atoms with Gasteiger partial charge in [-0.3, -0.25) is 24.2 Å². The van der Waals surface area contributed by atoms with Gasteiger partial charge in [-0.25, -0.2) is 9.78 Å². The number of hydrogen-bond donors (Lipinski definition) is 9. The Bertz CT molecular complexity index is 962. The summed E-state index contributed by atoms with van der Waals surface area (Å²) in [6.45, 7) is 3.24. The highest BCUT2D eigenvalue weighted by atomic mass is 16.4. The van der Waals surface area contributed by atoms with Crippen LogP contribution in [0.4, 0.5) is 0 Å². The molecule has 1 rings (SSSR count). The summed E-state index contributed by atoms with van der Waals surface area (Å²) in [5.41, 5.74) is 17.1. The van der Waals surface area contributed by atoms with E-state index in [0.717, 1.165) is 0 Å². The van der Waals surface area contributed by atoms with E-state index in [1.165, 1.54) is 12.5 Å². The van der Waals surface area contributed by atoms with Crippen molar-refractivity contribution in [1.29, 1.82) is 0 Å². The van der Waals surface area contributed by atoms with Gasteiger partial charge in [0, 0.05) is 24.9 Å². The van der Waals surface area contributed by atoms with Gasteiger partial charge in [0.1, 0.15) is 18.1 Å². The predicted octanol–water partition coefficient (Wildman–Crippen LogP) is -3.00. The van der Waals surface area contributed by atoms with Gasteiger partial charge in [-0.1, -0.05) is 13.8 Å². The van der Waals surface area contributed by atoms with Gasteiger partial charge >= 0.3 is 11.9 Å². The molecule has 16 heteroatoms. The van der Waals surface area contributed by atoms with Crippen LogP contribution in [0.25, 0.3) is 0 Å². The number of aliphatic imine (C=N–C) groups is 1. The first-order valence-corrected chi connectivity index (χ1v) is 11.5. The smallest absolute Gasteiger partial charge is 0.326 e. The van der Waals surface area contributed by atoms with Gasteiger partial charge in [0.15, 0.2) is 5.96 Å². The highest BCUT2D eigenvalue weighted by Crippen LogP contribution is 2.06. The first-order valence-electron chi connectivity index (χ1n) is 11.5. The molecule has 12 N–H and O–H groups in total. The molecule has 37 heavy (non-hydrogen) atoms. The second-order valence-corrected chi connectivity index (χ2v) is 8.63. The second kappa shape index (κ2) is 15.0. The Morgan fingerprint density at radius 2 is 1.65 bits per heavy atom. The maximum Gasteiger partial charge on any atom is 0.326 e. The molecular formula is C21H35N9O7. The maximum atomic E-state index is 13.0. The van der Waals surface area contributed by atoms with Gasteiger partial charge in [0.25, 0.3) is 0 Å². The van der Waals surface area contributed by atoms with Crippen LogP contribution in [-0.2, 0) is 30.4 Å². The van der Waals surface area contributed by atoms with Crippen molar-refractivity contribution in [3.8, 4) is 0 Å². The third-order valence-corrected chi connectivity index (χ3v) is 5.15. The molecule has 3 amide bonds. The Hall–Kier alpha value is -4.21. The van der Waals surface area contributed by atoms with E-state index in [4.69, 9.17) is 17.2 Å². The van der Waals surface area contributed by atoms with Crippen LogP contribution in [0, 0.1) is 5.92 Å². The lowest BCUT2D eigenvalue weighted by Crippen LogP contribution is -2.58. The van der Waals surface area contributed by atoms with Crippen LogP contribution in [0.2, 0.25) is 0 Å². The number of nitrogens with two attached hydrogens (primary N) is 3. The Balaban J connectivity index is 3.01. The maximum absolute atomic E-state index is 13.0. The number of carboxylic acids is 2. The number of hydrogen-bond acceptors (Lipinski definition) is 8. The summed E-state index contributed by atoms with van der Waals surface area (Å²) in [4.78, 5) is 71.6. The fourth-order valence-corrected chi connectivity index (χ4v) is 3.20. The van der Waals surface area contributed by atoms with Crippen molar-refractivity contribution in [2.75, 3.05) is 6.54 Å². The molecule has 0 aromatic carbocycles. The normalized spacial score (nSPS) is 14.1. The lowest BCUT2D eigenvalue weighted by atomic mass is 10.0. The summed E-state index contributed by atoms with van der Waals surface area (Å²) in [5.74, 6) is -5.96. The van der Waals surface area contributed by atoms with Crippen LogP contribution >= 0.6 is 0 Å². The molecule has 4 unspecified atom stereocenters. The highest BCUT2D eigenvalue weighted by Gasteiger charge is 2.32. The SMILES string of the molecule is CC(C)C(NC(=O)C(CC(=O)O)NC(=O)C(CCCN=C(N)N)NC(=O)C(N)Cc1cnc[nH]1)C(=O)O. The van der Waals surface area contributed by atoms with E-state index in [-0.39, 0.29) is 31.8 Å². The zero-order valence-corrected chi connectivity index (χ0v) is 20.6. The molecule has 4 atom stereocenters. The first-order chi connectivity index (χ1) is 17.3. The van der Waals surface area contributed by atoms with E-state index in [0.29, 0.717) is 5.69 Å². The number of aromatic amines is 1. The Morgan fingerprint density at radius 1 is 1.03 bits per heavy atom. The Kier molecular flexibility index (Phi) is 12.5. The lowest BCUT2D eigenvalue weighted by Gasteiger charge is -2.25. The lowest BCUT2D eigenvalue weighted by molar-refractivity contribution is -0.144. The number of carboxylic acid groups (broad SMARTS) is 2. The van der Waals surface area contributed by atoms with Gasteiger partial charge in [-0.05, 0) is 18.8 Å². The predicted molar refractivity (Wildman–Crippen MR) is 131 cm³/mol. The van der Waals surface area contributed by atoms with E-state index in [1.54, 1.807) is 13.8 Å². The van der Waals surface area contributed by atoms with E-state index in [2.05, 4.69) is 30.9 Å². The van der Waals surface area contributed by atoms with E-state index in [9.17, 15) is 34.2 Å². The number of guanidine groups is 1. The Morgan fingerprint density at radius 3 is 2.16 bits per heavy atom. The number of carbonyl (C=O) groups excluding carboxylic acids is 3. The number of nitrogens with one attached hydrogen (secondary N) is 4. The van der Waals surface area contributed by atoms with Crippen molar-refractivity contribution in [3.05, 3.63) is 18.2 Å². The van der Waals surface area contributed by atoms with E-state index >= 15 is 0 Å². The van der Waals surface area contributed by atoms with Crippen molar-refractivity contribution < 1.29 is 34.2 Å². The van der Waals surface area contributed by atoms with Crippen molar-refractivity contribution in [2.24, 2.45) is 28.1 Å². The highest BCUT2D eigenvalue weighted by molar-refractivity contribution is 5.95. The minimum absolute atomic E-state index is 0.0241.